The van der Waals surface area contributed by atoms with E-state index in [4.69, 9.17) is 4.74 Å². The van der Waals surface area contributed by atoms with E-state index in [2.05, 4.69) is 15.8 Å². The summed E-state index contributed by atoms with van der Waals surface area (Å²) in [6, 6.07) is 11.5. The third kappa shape index (κ3) is 3.48. The molecule has 26 heavy (non-hydrogen) atoms. The van der Waals surface area contributed by atoms with Gasteiger partial charge in [-0.25, -0.2) is 13.1 Å². The van der Waals surface area contributed by atoms with Gasteiger partial charge in [-0.05, 0) is 62.1 Å². The number of fused-ring (bicyclic) bond motifs is 1. The first-order valence-corrected chi connectivity index (χ1v) is 10.0. The standard InChI is InChI=1S/C20H24N2O3S/c1-13-11-19(25-4)20(12-14(13)2)26(23,24)21-10-9-16-15(3)22-18-8-6-5-7-17(16)18/h5-8,11-12,21-22H,9-10H2,1-4H3. The SMILES string of the molecule is COc1cc(C)c(C)cc1S(=O)(=O)NCCc1c(C)[nH]c2ccccc12. The van der Waals surface area contributed by atoms with Gasteiger partial charge >= 0.3 is 0 Å². The number of nitrogens with one attached hydrogen (secondary N) is 2. The lowest BCUT2D eigenvalue weighted by Gasteiger charge is -2.13. The van der Waals surface area contributed by atoms with Crippen molar-refractivity contribution in [1.29, 1.82) is 0 Å². The Morgan fingerprint density at radius 3 is 2.50 bits per heavy atom. The normalized spacial score (nSPS) is 11.8. The van der Waals surface area contributed by atoms with Crippen LogP contribution < -0.4 is 9.46 Å². The maximum atomic E-state index is 12.8. The molecule has 1 heterocycles. The van der Waals surface area contributed by atoms with Gasteiger partial charge in [0.1, 0.15) is 10.6 Å². The second-order valence-corrected chi connectivity index (χ2v) is 8.24. The molecule has 2 aromatic carbocycles. The van der Waals surface area contributed by atoms with E-state index in [9.17, 15) is 8.42 Å². The number of ether oxygens (including phenoxy) is 1. The highest BCUT2D eigenvalue weighted by atomic mass is 32.2. The van der Waals surface area contributed by atoms with Crippen molar-refractivity contribution in [3.05, 3.63) is 58.8 Å². The van der Waals surface area contributed by atoms with Gasteiger partial charge in [0.05, 0.1) is 7.11 Å². The van der Waals surface area contributed by atoms with Crippen LogP contribution in [0.1, 0.15) is 22.4 Å². The lowest BCUT2D eigenvalue weighted by molar-refractivity contribution is 0.402. The molecule has 0 atom stereocenters. The molecule has 2 N–H and O–H groups in total. The fourth-order valence-electron chi connectivity index (χ4n) is 3.18. The molecule has 138 valence electrons. The first kappa shape index (κ1) is 18.5. The smallest absolute Gasteiger partial charge is 0.244 e. The van der Waals surface area contributed by atoms with Crippen molar-refractivity contribution < 1.29 is 13.2 Å². The lowest BCUT2D eigenvalue weighted by Crippen LogP contribution is -2.26. The van der Waals surface area contributed by atoms with Gasteiger partial charge in [-0.2, -0.15) is 0 Å². The maximum absolute atomic E-state index is 12.8. The molecule has 0 radical (unpaired) electrons. The molecule has 0 saturated heterocycles. The summed E-state index contributed by atoms with van der Waals surface area (Å²) < 4.78 is 33.5. The van der Waals surface area contributed by atoms with Crippen LogP contribution in [-0.4, -0.2) is 27.1 Å². The Bertz CT molecular complexity index is 1050. The van der Waals surface area contributed by atoms with Gasteiger partial charge < -0.3 is 9.72 Å². The first-order chi connectivity index (χ1) is 12.3. The van der Waals surface area contributed by atoms with E-state index in [1.807, 2.05) is 39.0 Å². The van der Waals surface area contributed by atoms with E-state index in [1.165, 1.54) is 7.11 Å². The first-order valence-electron chi connectivity index (χ1n) is 8.54. The number of sulfonamides is 1. The average Bonchev–Trinajstić information content (AvgIpc) is 2.92. The Morgan fingerprint density at radius 1 is 1.08 bits per heavy atom. The van der Waals surface area contributed by atoms with E-state index >= 15 is 0 Å². The number of aromatic amines is 1. The maximum Gasteiger partial charge on any atom is 0.244 e. The minimum atomic E-state index is -3.65. The molecule has 0 fully saturated rings. The summed E-state index contributed by atoms with van der Waals surface area (Å²) in [5.74, 6) is 0.365. The molecule has 0 bridgehead atoms. The summed E-state index contributed by atoms with van der Waals surface area (Å²) in [6.07, 6.45) is 0.613. The molecule has 0 aliphatic rings. The predicted octanol–water partition coefficient (Wildman–Crippen LogP) is 3.62. The quantitative estimate of drug-likeness (QED) is 0.694. The Balaban J connectivity index is 1.81. The molecule has 5 nitrogen and oxygen atoms in total. The van der Waals surface area contributed by atoms with Gasteiger partial charge in [0.25, 0.3) is 0 Å². The number of hydrogen-bond donors (Lipinski definition) is 2. The van der Waals surface area contributed by atoms with Gasteiger partial charge in [0.2, 0.25) is 10.0 Å². The van der Waals surface area contributed by atoms with E-state index in [-0.39, 0.29) is 4.90 Å². The van der Waals surface area contributed by atoms with Crippen LogP contribution in [0, 0.1) is 20.8 Å². The summed E-state index contributed by atoms with van der Waals surface area (Å²) in [5, 5.41) is 1.13. The van der Waals surface area contributed by atoms with E-state index in [0.717, 1.165) is 33.3 Å². The Kier molecular flexibility index (Phi) is 5.07. The van der Waals surface area contributed by atoms with Crippen molar-refractivity contribution in [3.63, 3.8) is 0 Å². The van der Waals surface area contributed by atoms with Crippen molar-refractivity contribution in [2.75, 3.05) is 13.7 Å². The molecule has 6 heteroatoms. The van der Waals surface area contributed by atoms with Crippen LogP contribution in [0.2, 0.25) is 0 Å². The lowest BCUT2D eigenvalue weighted by atomic mass is 10.1. The van der Waals surface area contributed by atoms with Crippen LogP contribution in [0.25, 0.3) is 10.9 Å². The molecule has 3 aromatic rings. The molecular weight excluding hydrogens is 348 g/mol. The fourth-order valence-corrected chi connectivity index (χ4v) is 4.44. The number of methoxy groups -OCH3 is 1. The second kappa shape index (κ2) is 7.13. The zero-order valence-corrected chi connectivity index (χ0v) is 16.3. The Hall–Kier alpha value is -2.31. The van der Waals surface area contributed by atoms with Crippen LogP contribution in [0.5, 0.6) is 5.75 Å². The number of rotatable bonds is 6. The molecule has 0 aliphatic heterocycles. The highest BCUT2D eigenvalue weighted by Crippen LogP contribution is 2.27. The fraction of sp³-hybridized carbons (Fsp3) is 0.300. The predicted molar refractivity (Wildman–Crippen MR) is 104 cm³/mol. The van der Waals surface area contributed by atoms with Gasteiger partial charge in [-0.3, -0.25) is 0 Å². The van der Waals surface area contributed by atoms with E-state index < -0.39 is 10.0 Å². The summed E-state index contributed by atoms with van der Waals surface area (Å²) in [6.45, 7) is 6.15. The van der Waals surface area contributed by atoms with E-state index in [0.29, 0.717) is 18.7 Å². The van der Waals surface area contributed by atoms with E-state index in [1.54, 1.807) is 12.1 Å². The van der Waals surface area contributed by atoms with Crippen LogP contribution in [0.4, 0.5) is 0 Å². The molecule has 0 aliphatic carbocycles. The van der Waals surface area contributed by atoms with Crippen LogP contribution in [0.3, 0.4) is 0 Å². The largest absolute Gasteiger partial charge is 0.495 e. The van der Waals surface area contributed by atoms with Crippen LogP contribution in [0.15, 0.2) is 41.3 Å². The molecule has 0 saturated carbocycles. The molecule has 3 rings (SSSR count). The third-order valence-corrected chi connectivity index (χ3v) is 6.25. The zero-order chi connectivity index (χ0) is 18.9. The molecule has 1 aromatic heterocycles. The second-order valence-electron chi connectivity index (χ2n) is 6.51. The summed E-state index contributed by atoms with van der Waals surface area (Å²) in [4.78, 5) is 3.52. The van der Waals surface area contributed by atoms with Gasteiger partial charge in [0, 0.05) is 23.1 Å². The number of hydrogen-bond acceptors (Lipinski definition) is 3. The summed E-state index contributed by atoms with van der Waals surface area (Å²) in [7, 11) is -2.16. The molecule has 0 unspecified atom stereocenters. The van der Waals surface area contributed by atoms with Crippen molar-refractivity contribution in [2.45, 2.75) is 32.1 Å². The summed E-state index contributed by atoms with van der Waals surface area (Å²) in [5.41, 5.74) is 5.18. The number of aryl methyl sites for hydroxylation is 3. The van der Waals surface area contributed by atoms with Crippen molar-refractivity contribution in [1.82, 2.24) is 9.71 Å². The zero-order valence-electron chi connectivity index (χ0n) is 15.5. The van der Waals surface area contributed by atoms with Gasteiger partial charge in [-0.1, -0.05) is 18.2 Å². The molecule has 0 amide bonds. The van der Waals surface area contributed by atoms with Crippen LogP contribution in [-0.2, 0) is 16.4 Å². The third-order valence-electron chi connectivity index (χ3n) is 4.76. The Labute approximate surface area is 154 Å². The number of benzene rings is 2. The summed E-state index contributed by atoms with van der Waals surface area (Å²) >= 11 is 0. The highest BCUT2D eigenvalue weighted by molar-refractivity contribution is 7.89. The number of H-pyrrole nitrogens is 1. The van der Waals surface area contributed by atoms with Crippen LogP contribution >= 0.6 is 0 Å². The Morgan fingerprint density at radius 2 is 1.77 bits per heavy atom. The van der Waals surface area contributed by atoms with Gasteiger partial charge in [-0.15, -0.1) is 0 Å². The highest BCUT2D eigenvalue weighted by Gasteiger charge is 2.20. The number of para-hydroxylation sites is 1. The minimum absolute atomic E-state index is 0.179. The average molecular weight is 372 g/mol. The topological polar surface area (TPSA) is 71.2 Å². The molecular formula is C20H24N2O3S. The molecule has 0 spiro atoms. The monoisotopic (exact) mass is 372 g/mol. The van der Waals surface area contributed by atoms with Crippen molar-refractivity contribution >= 4 is 20.9 Å². The van der Waals surface area contributed by atoms with Crippen molar-refractivity contribution in [2.24, 2.45) is 0 Å². The van der Waals surface area contributed by atoms with Gasteiger partial charge in [0.15, 0.2) is 0 Å². The minimum Gasteiger partial charge on any atom is -0.495 e. The van der Waals surface area contributed by atoms with Crippen molar-refractivity contribution in [3.8, 4) is 5.75 Å². The number of aromatic nitrogens is 1.